The smallest absolute Gasteiger partial charge is 0.220 e. The third-order valence-corrected chi connectivity index (χ3v) is 4.47. The van der Waals surface area contributed by atoms with Gasteiger partial charge in [-0.15, -0.1) is 5.10 Å². The Kier molecular flexibility index (Phi) is 4.21. The molecule has 1 aromatic carbocycles. The van der Waals surface area contributed by atoms with Crippen LogP contribution in [0.3, 0.4) is 0 Å². The van der Waals surface area contributed by atoms with Gasteiger partial charge in [0, 0.05) is 6.20 Å². The molecule has 0 spiro atoms. The Morgan fingerprint density at radius 3 is 2.36 bits per heavy atom. The normalized spacial score (nSPS) is 13.9. The molecule has 6 nitrogen and oxygen atoms in total. The minimum Gasteiger partial charge on any atom is -0.220 e. The third-order valence-electron chi connectivity index (χ3n) is 3.27. The molecular weight excluding hydrogens is 364 g/mol. The summed E-state index contributed by atoms with van der Waals surface area (Å²) in [6.45, 7) is 0. The third kappa shape index (κ3) is 3.61. The van der Waals surface area contributed by atoms with Crippen molar-refractivity contribution in [2.45, 2.75) is 17.4 Å². The largest absolute Gasteiger partial charge is 0.408 e. The van der Waals surface area contributed by atoms with Crippen LogP contribution in [-0.4, -0.2) is 29.2 Å². The van der Waals surface area contributed by atoms with Gasteiger partial charge in [0.1, 0.15) is 11.9 Å². The molecule has 25 heavy (non-hydrogen) atoms. The Morgan fingerprint density at radius 1 is 1.08 bits per heavy atom. The standard InChI is InChI=1S/C14H10F4N4O2S/c15-10-6-4-9(5-7-10)12(14(16,17)18)21-25(23,24)13-19-11-3-1-2-8-22(11)20-13/h1-8,12,21H. The van der Waals surface area contributed by atoms with Crippen molar-refractivity contribution in [1.29, 1.82) is 0 Å². The number of aromatic nitrogens is 3. The van der Waals surface area contributed by atoms with Gasteiger partial charge in [-0.05, 0) is 29.8 Å². The SMILES string of the molecule is O=S(=O)(NC(c1ccc(F)cc1)C(F)(F)F)c1nc2ccccn2n1. The zero-order chi connectivity index (χ0) is 18.2. The van der Waals surface area contributed by atoms with Gasteiger partial charge >= 0.3 is 6.18 Å². The van der Waals surface area contributed by atoms with E-state index in [4.69, 9.17) is 0 Å². The van der Waals surface area contributed by atoms with E-state index in [1.807, 2.05) is 0 Å². The summed E-state index contributed by atoms with van der Waals surface area (Å²) in [5.74, 6) is -0.741. The lowest BCUT2D eigenvalue weighted by atomic mass is 10.1. The zero-order valence-corrected chi connectivity index (χ0v) is 13.1. The molecule has 0 amide bonds. The van der Waals surface area contributed by atoms with Gasteiger partial charge in [0.25, 0.3) is 15.2 Å². The second kappa shape index (κ2) is 6.08. The van der Waals surface area contributed by atoms with E-state index < -0.39 is 38.8 Å². The Morgan fingerprint density at radius 2 is 1.76 bits per heavy atom. The van der Waals surface area contributed by atoms with Crippen LogP contribution in [0.1, 0.15) is 11.6 Å². The fourth-order valence-corrected chi connectivity index (χ4v) is 3.21. The first-order valence-corrected chi connectivity index (χ1v) is 8.31. The average molecular weight is 374 g/mol. The highest BCUT2D eigenvalue weighted by atomic mass is 32.2. The van der Waals surface area contributed by atoms with E-state index in [1.54, 1.807) is 12.1 Å². The summed E-state index contributed by atoms with van der Waals surface area (Å²) in [5.41, 5.74) is -0.297. The first kappa shape index (κ1) is 17.3. The molecule has 3 aromatic rings. The van der Waals surface area contributed by atoms with Crippen molar-refractivity contribution >= 4 is 15.7 Å². The Hall–Kier alpha value is -2.53. The topological polar surface area (TPSA) is 76.4 Å². The Balaban J connectivity index is 1.99. The monoisotopic (exact) mass is 374 g/mol. The molecule has 1 atom stereocenters. The minimum absolute atomic E-state index is 0.160. The van der Waals surface area contributed by atoms with Gasteiger partial charge in [-0.2, -0.15) is 22.9 Å². The van der Waals surface area contributed by atoms with Crippen molar-refractivity contribution in [3.63, 3.8) is 0 Å². The van der Waals surface area contributed by atoms with Gasteiger partial charge in [0.05, 0.1) is 0 Å². The van der Waals surface area contributed by atoms with Gasteiger partial charge in [0.2, 0.25) is 0 Å². The predicted molar refractivity (Wildman–Crippen MR) is 78.5 cm³/mol. The van der Waals surface area contributed by atoms with Gasteiger partial charge in [0.15, 0.2) is 5.65 Å². The van der Waals surface area contributed by atoms with Crippen LogP contribution < -0.4 is 4.72 Å². The highest BCUT2D eigenvalue weighted by molar-refractivity contribution is 7.89. The summed E-state index contributed by atoms with van der Waals surface area (Å²) < 4.78 is 80.0. The molecule has 0 saturated heterocycles. The number of benzene rings is 1. The number of alkyl halides is 3. The van der Waals surface area contributed by atoms with Crippen LogP contribution in [0, 0.1) is 5.82 Å². The maximum atomic E-state index is 13.3. The first-order chi connectivity index (χ1) is 11.7. The van der Waals surface area contributed by atoms with Crippen LogP contribution in [0.25, 0.3) is 5.65 Å². The average Bonchev–Trinajstić information content (AvgIpc) is 2.98. The Labute approximate surface area is 139 Å². The van der Waals surface area contributed by atoms with E-state index in [-0.39, 0.29) is 5.65 Å². The molecular formula is C14H10F4N4O2S. The zero-order valence-electron chi connectivity index (χ0n) is 12.3. The van der Waals surface area contributed by atoms with Gasteiger partial charge in [-0.3, -0.25) is 0 Å². The second-order valence-electron chi connectivity index (χ2n) is 5.05. The molecule has 0 bridgehead atoms. The number of hydrogen-bond acceptors (Lipinski definition) is 4. The summed E-state index contributed by atoms with van der Waals surface area (Å²) in [7, 11) is -4.67. The number of nitrogens with one attached hydrogen (secondary N) is 1. The van der Waals surface area contributed by atoms with Crippen molar-refractivity contribution in [3.8, 4) is 0 Å². The molecule has 2 aromatic heterocycles. The van der Waals surface area contributed by atoms with E-state index in [9.17, 15) is 26.0 Å². The highest BCUT2D eigenvalue weighted by Gasteiger charge is 2.44. The van der Waals surface area contributed by atoms with Crippen molar-refractivity contribution in [3.05, 3.63) is 60.0 Å². The van der Waals surface area contributed by atoms with E-state index >= 15 is 0 Å². The molecule has 0 aliphatic heterocycles. The van der Waals surface area contributed by atoms with Gasteiger partial charge < -0.3 is 0 Å². The quantitative estimate of drug-likeness (QED) is 0.712. The van der Waals surface area contributed by atoms with Crippen LogP contribution >= 0.6 is 0 Å². The van der Waals surface area contributed by atoms with E-state index in [2.05, 4.69) is 10.1 Å². The van der Waals surface area contributed by atoms with Crippen molar-refractivity contribution in [2.24, 2.45) is 0 Å². The number of hydrogen-bond donors (Lipinski definition) is 1. The van der Waals surface area contributed by atoms with Crippen molar-refractivity contribution in [1.82, 2.24) is 19.3 Å². The molecule has 1 N–H and O–H groups in total. The molecule has 132 valence electrons. The van der Waals surface area contributed by atoms with Crippen molar-refractivity contribution < 1.29 is 26.0 Å². The molecule has 0 aliphatic rings. The lowest BCUT2D eigenvalue weighted by molar-refractivity contribution is -0.153. The van der Waals surface area contributed by atoms with E-state index in [0.717, 1.165) is 28.8 Å². The highest BCUT2D eigenvalue weighted by Crippen LogP contribution is 2.33. The van der Waals surface area contributed by atoms with Crippen LogP contribution in [0.2, 0.25) is 0 Å². The number of fused-ring (bicyclic) bond motifs is 1. The second-order valence-corrected chi connectivity index (χ2v) is 6.65. The van der Waals surface area contributed by atoms with Crippen LogP contribution in [0.5, 0.6) is 0 Å². The lowest BCUT2D eigenvalue weighted by Crippen LogP contribution is -2.38. The van der Waals surface area contributed by atoms with Crippen molar-refractivity contribution in [2.75, 3.05) is 0 Å². The summed E-state index contributed by atoms with van der Waals surface area (Å²) in [4.78, 5) is 3.70. The number of rotatable bonds is 4. The molecule has 1 unspecified atom stereocenters. The fraction of sp³-hybridized carbons (Fsp3) is 0.143. The minimum atomic E-state index is -4.94. The predicted octanol–water partition coefficient (Wildman–Crippen LogP) is 2.45. The fourth-order valence-electron chi connectivity index (χ4n) is 2.11. The van der Waals surface area contributed by atoms with Crippen LogP contribution in [-0.2, 0) is 10.0 Å². The van der Waals surface area contributed by atoms with Gasteiger partial charge in [-0.25, -0.2) is 17.3 Å². The summed E-state index contributed by atoms with van der Waals surface area (Å²) in [6, 6.07) is 5.35. The maximum Gasteiger partial charge on any atom is 0.408 e. The summed E-state index contributed by atoms with van der Waals surface area (Å²) in [5, 5.41) is 2.86. The maximum absolute atomic E-state index is 13.3. The number of pyridine rings is 1. The molecule has 0 saturated carbocycles. The molecule has 2 heterocycles. The molecule has 3 rings (SSSR count). The first-order valence-electron chi connectivity index (χ1n) is 6.83. The summed E-state index contributed by atoms with van der Waals surface area (Å²) in [6.07, 6.45) is -3.54. The summed E-state index contributed by atoms with van der Waals surface area (Å²) >= 11 is 0. The molecule has 11 heteroatoms. The van der Waals surface area contributed by atoms with Gasteiger partial charge in [-0.1, -0.05) is 18.2 Å². The van der Waals surface area contributed by atoms with E-state index in [0.29, 0.717) is 0 Å². The molecule has 0 aliphatic carbocycles. The molecule has 0 radical (unpaired) electrons. The number of halogens is 4. The van der Waals surface area contributed by atoms with Crippen LogP contribution in [0.15, 0.2) is 53.8 Å². The Bertz CT molecular complexity index is 967. The number of nitrogens with zero attached hydrogens (tertiary/aromatic N) is 3. The number of sulfonamides is 1. The molecule has 0 fully saturated rings. The van der Waals surface area contributed by atoms with Crippen LogP contribution in [0.4, 0.5) is 17.6 Å². The lowest BCUT2D eigenvalue weighted by Gasteiger charge is -2.21. The van der Waals surface area contributed by atoms with E-state index in [1.165, 1.54) is 17.0 Å².